The van der Waals surface area contributed by atoms with Gasteiger partial charge in [-0.05, 0) is 19.4 Å². The van der Waals surface area contributed by atoms with E-state index in [9.17, 15) is 0 Å². The second-order valence-corrected chi connectivity index (χ2v) is 3.93. The van der Waals surface area contributed by atoms with Crippen molar-refractivity contribution < 1.29 is 0 Å². The monoisotopic (exact) mass is 177 g/mol. The second kappa shape index (κ2) is 3.42. The van der Waals surface area contributed by atoms with Gasteiger partial charge in [0.15, 0.2) is 0 Å². The zero-order valence-electron chi connectivity index (χ0n) is 7.95. The number of aromatic nitrogens is 2. The Bertz CT molecular complexity index is 265. The number of hydrogen-bond donors (Lipinski definition) is 1. The summed E-state index contributed by atoms with van der Waals surface area (Å²) in [6.45, 7) is 4.41. The maximum absolute atomic E-state index is 4.37. The van der Waals surface area contributed by atoms with Crippen LogP contribution in [0, 0.1) is 0 Å². The highest BCUT2D eigenvalue weighted by Crippen LogP contribution is 2.28. The van der Waals surface area contributed by atoms with E-state index in [0.717, 1.165) is 18.8 Å². The lowest BCUT2D eigenvalue weighted by Crippen LogP contribution is -2.41. The van der Waals surface area contributed by atoms with E-state index in [1.807, 2.05) is 6.20 Å². The second-order valence-electron chi connectivity index (χ2n) is 3.93. The average molecular weight is 177 g/mol. The van der Waals surface area contributed by atoms with Crippen LogP contribution in [0.15, 0.2) is 18.6 Å². The molecule has 1 saturated heterocycles. The van der Waals surface area contributed by atoms with Crippen LogP contribution in [0.2, 0.25) is 0 Å². The zero-order chi connectivity index (χ0) is 9.15. The van der Waals surface area contributed by atoms with E-state index in [-0.39, 0.29) is 5.41 Å². The van der Waals surface area contributed by atoms with Crippen LogP contribution >= 0.6 is 0 Å². The first-order valence-electron chi connectivity index (χ1n) is 4.78. The number of rotatable bonds is 1. The van der Waals surface area contributed by atoms with E-state index in [1.165, 1.54) is 12.8 Å². The predicted octanol–water partition coefficient (Wildman–Crippen LogP) is 1.12. The summed E-state index contributed by atoms with van der Waals surface area (Å²) in [5, 5.41) is 3.41. The summed E-state index contributed by atoms with van der Waals surface area (Å²) < 4.78 is 0. The van der Waals surface area contributed by atoms with Crippen molar-refractivity contribution >= 4 is 0 Å². The van der Waals surface area contributed by atoms with E-state index in [0.29, 0.717) is 0 Å². The lowest BCUT2D eigenvalue weighted by Gasteiger charge is -2.33. The molecule has 1 N–H and O–H groups in total. The normalized spacial score (nSPS) is 28.7. The number of nitrogens with zero attached hydrogens (tertiary/aromatic N) is 2. The molecule has 3 nitrogen and oxygen atoms in total. The van der Waals surface area contributed by atoms with Crippen LogP contribution in [0.1, 0.15) is 25.5 Å². The van der Waals surface area contributed by atoms with Gasteiger partial charge in [-0.2, -0.15) is 0 Å². The topological polar surface area (TPSA) is 37.8 Å². The summed E-state index contributed by atoms with van der Waals surface area (Å²) in [7, 11) is 0. The largest absolute Gasteiger partial charge is 0.316 e. The fourth-order valence-electron chi connectivity index (χ4n) is 1.89. The summed E-state index contributed by atoms with van der Waals surface area (Å²) >= 11 is 0. The first kappa shape index (κ1) is 8.63. The summed E-state index contributed by atoms with van der Waals surface area (Å²) in [6, 6.07) is 0. The molecule has 1 aromatic heterocycles. The molecule has 1 aliphatic rings. The molecule has 0 bridgehead atoms. The van der Waals surface area contributed by atoms with Crippen molar-refractivity contribution in [1.29, 1.82) is 0 Å². The minimum Gasteiger partial charge on any atom is -0.316 e. The van der Waals surface area contributed by atoms with Crippen molar-refractivity contribution in [2.45, 2.75) is 25.2 Å². The van der Waals surface area contributed by atoms with E-state index >= 15 is 0 Å². The van der Waals surface area contributed by atoms with Gasteiger partial charge >= 0.3 is 0 Å². The quantitative estimate of drug-likeness (QED) is 0.698. The van der Waals surface area contributed by atoms with Gasteiger partial charge in [-0.25, -0.2) is 0 Å². The Labute approximate surface area is 78.6 Å². The third kappa shape index (κ3) is 1.70. The van der Waals surface area contributed by atoms with Crippen molar-refractivity contribution in [2.75, 3.05) is 13.1 Å². The van der Waals surface area contributed by atoms with Gasteiger partial charge in [0.25, 0.3) is 0 Å². The number of nitrogens with one attached hydrogen (secondary N) is 1. The zero-order valence-corrected chi connectivity index (χ0v) is 7.95. The lowest BCUT2D eigenvalue weighted by molar-refractivity contribution is 0.331. The van der Waals surface area contributed by atoms with Gasteiger partial charge in [0.2, 0.25) is 0 Å². The van der Waals surface area contributed by atoms with Crippen LogP contribution < -0.4 is 5.32 Å². The molecule has 1 fully saturated rings. The van der Waals surface area contributed by atoms with E-state index in [2.05, 4.69) is 22.2 Å². The molecule has 2 heterocycles. The Morgan fingerprint density at radius 1 is 1.46 bits per heavy atom. The van der Waals surface area contributed by atoms with Crippen LogP contribution in [-0.4, -0.2) is 23.1 Å². The van der Waals surface area contributed by atoms with Gasteiger partial charge in [-0.3, -0.25) is 9.97 Å². The van der Waals surface area contributed by atoms with Gasteiger partial charge in [0, 0.05) is 30.6 Å². The summed E-state index contributed by atoms with van der Waals surface area (Å²) in [6.07, 6.45) is 7.82. The van der Waals surface area contributed by atoms with Gasteiger partial charge in [-0.15, -0.1) is 0 Å². The maximum Gasteiger partial charge on any atom is 0.0658 e. The molecule has 0 aromatic carbocycles. The van der Waals surface area contributed by atoms with Crippen LogP contribution in [-0.2, 0) is 5.41 Å². The standard InChI is InChI=1S/C10H15N3/c1-10(3-2-4-12-8-10)9-7-11-5-6-13-9/h5-7,12H,2-4,8H2,1H3. The number of piperidine rings is 1. The van der Waals surface area contributed by atoms with Crippen molar-refractivity contribution in [3.05, 3.63) is 24.3 Å². The molecular formula is C10H15N3. The van der Waals surface area contributed by atoms with Crippen molar-refractivity contribution in [3.63, 3.8) is 0 Å². The van der Waals surface area contributed by atoms with Crippen LogP contribution in [0.4, 0.5) is 0 Å². The summed E-state index contributed by atoms with van der Waals surface area (Å²) in [4.78, 5) is 8.49. The minimum absolute atomic E-state index is 0.187. The van der Waals surface area contributed by atoms with Crippen molar-refractivity contribution in [3.8, 4) is 0 Å². The third-order valence-corrected chi connectivity index (χ3v) is 2.78. The van der Waals surface area contributed by atoms with Gasteiger partial charge in [-0.1, -0.05) is 6.92 Å². The molecule has 0 aliphatic carbocycles. The first-order valence-corrected chi connectivity index (χ1v) is 4.78. The molecule has 70 valence electrons. The Hall–Kier alpha value is -0.960. The fourth-order valence-corrected chi connectivity index (χ4v) is 1.89. The predicted molar refractivity (Wildman–Crippen MR) is 51.5 cm³/mol. The highest BCUT2D eigenvalue weighted by molar-refractivity contribution is 5.13. The smallest absolute Gasteiger partial charge is 0.0658 e. The molecule has 0 radical (unpaired) electrons. The van der Waals surface area contributed by atoms with Crippen molar-refractivity contribution in [1.82, 2.24) is 15.3 Å². The van der Waals surface area contributed by atoms with Gasteiger partial charge < -0.3 is 5.32 Å². The fraction of sp³-hybridized carbons (Fsp3) is 0.600. The molecule has 13 heavy (non-hydrogen) atoms. The Kier molecular flexibility index (Phi) is 2.27. The minimum atomic E-state index is 0.187. The third-order valence-electron chi connectivity index (χ3n) is 2.78. The van der Waals surface area contributed by atoms with Gasteiger partial charge in [0.05, 0.1) is 5.69 Å². The van der Waals surface area contributed by atoms with Crippen LogP contribution in [0.5, 0.6) is 0 Å². The van der Waals surface area contributed by atoms with Gasteiger partial charge in [0.1, 0.15) is 0 Å². The van der Waals surface area contributed by atoms with Crippen LogP contribution in [0.25, 0.3) is 0 Å². The average Bonchev–Trinajstić information content (AvgIpc) is 2.20. The Morgan fingerprint density at radius 2 is 2.38 bits per heavy atom. The van der Waals surface area contributed by atoms with E-state index in [1.54, 1.807) is 12.4 Å². The highest BCUT2D eigenvalue weighted by atomic mass is 14.9. The van der Waals surface area contributed by atoms with E-state index in [4.69, 9.17) is 0 Å². The molecule has 0 spiro atoms. The molecule has 0 saturated carbocycles. The van der Waals surface area contributed by atoms with E-state index < -0.39 is 0 Å². The molecule has 1 unspecified atom stereocenters. The Morgan fingerprint density at radius 3 is 3.00 bits per heavy atom. The Balaban J connectivity index is 2.23. The molecule has 0 amide bonds. The molecule has 2 rings (SSSR count). The number of hydrogen-bond acceptors (Lipinski definition) is 3. The highest BCUT2D eigenvalue weighted by Gasteiger charge is 2.29. The SMILES string of the molecule is CC1(c2cnccn2)CCCNC1. The van der Waals surface area contributed by atoms with Crippen LogP contribution in [0.3, 0.4) is 0 Å². The maximum atomic E-state index is 4.37. The van der Waals surface area contributed by atoms with Crippen molar-refractivity contribution in [2.24, 2.45) is 0 Å². The molecule has 3 heteroatoms. The molecular weight excluding hydrogens is 162 g/mol. The molecule has 1 atom stereocenters. The molecule has 1 aromatic rings. The summed E-state index contributed by atoms with van der Waals surface area (Å²) in [5.41, 5.74) is 1.30. The lowest BCUT2D eigenvalue weighted by atomic mass is 9.80. The first-order chi connectivity index (χ1) is 6.31. The summed E-state index contributed by atoms with van der Waals surface area (Å²) in [5.74, 6) is 0. The molecule has 1 aliphatic heterocycles.